The number of hydrogen-bond donors (Lipinski definition) is 4. The molecule has 0 amide bonds. The van der Waals surface area contributed by atoms with Gasteiger partial charge in [0.15, 0.2) is 5.65 Å². The molecule has 0 spiro atoms. The maximum Gasteiger partial charge on any atom is 0.490 e. The van der Waals surface area contributed by atoms with Crippen LogP contribution in [0.4, 0.5) is 36.2 Å². The van der Waals surface area contributed by atoms with Crippen molar-refractivity contribution in [1.29, 1.82) is 5.26 Å². The highest BCUT2D eigenvalue weighted by Crippen LogP contribution is 2.31. The highest BCUT2D eigenvalue weighted by Gasteiger charge is 2.38. The van der Waals surface area contributed by atoms with Gasteiger partial charge in [0.1, 0.15) is 23.3 Å². The second-order valence-electron chi connectivity index (χ2n) is 9.69. The third-order valence-electron chi connectivity index (χ3n) is 6.27. The van der Waals surface area contributed by atoms with Gasteiger partial charge in [0.25, 0.3) is 0 Å². The number of carbonyl (C=O) groups is 1. The fourth-order valence-corrected chi connectivity index (χ4v) is 5.00. The average Bonchev–Trinajstić information content (AvgIpc) is 3.59. The van der Waals surface area contributed by atoms with Crippen LogP contribution in [0.2, 0.25) is 0 Å². The Bertz CT molecular complexity index is 1450. The molecule has 5 rings (SSSR count). The van der Waals surface area contributed by atoms with Gasteiger partial charge in [-0.25, -0.2) is 9.78 Å². The number of alkyl halides is 3. The number of carboxylic acids is 1. The lowest BCUT2D eigenvalue weighted by Crippen LogP contribution is -2.43. The van der Waals surface area contributed by atoms with E-state index in [9.17, 15) is 22.6 Å². The van der Waals surface area contributed by atoms with E-state index in [4.69, 9.17) is 15.6 Å². The van der Waals surface area contributed by atoms with Crippen LogP contribution in [0.15, 0.2) is 30.5 Å². The maximum absolute atomic E-state index is 12.1. The van der Waals surface area contributed by atoms with Crippen molar-refractivity contribution in [2.24, 2.45) is 5.73 Å². The summed E-state index contributed by atoms with van der Waals surface area (Å²) in [5.41, 5.74) is 10.1. The molecule has 2 atom stereocenters. The number of nitrogens with one attached hydrogen (secondary N) is 2. The van der Waals surface area contributed by atoms with Crippen LogP contribution in [0.1, 0.15) is 36.8 Å². The van der Waals surface area contributed by atoms with Crippen LogP contribution in [0.3, 0.4) is 0 Å². The standard InChI is InChI=1S/C23H28N8OS.C2HF3O2/c1-33(32)14-15-9-19(6-7-20(15)30-8-2-3-17(25)13-30)27-21-10-22(28-18-4-5-18)31-23(29-21)16(11-24)12-26-31;3-2(4,5)1(6)7/h6-7,9-10,12,17-18,28H,2-5,8,13-14,25H2,1H3,(H,27,29);(H,6,7)/t17-,33-;/m1./s1. The van der Waals surface area contributed by atoms with E-state index in [0.29, 0.717) is 28.8 Å². The van der Waals surface area contributed by atoms with E-state index >= 15 is 0 Å². The summed E-state index contributed by atoms with van der Waals surface area (Å²) < 4.78 is 45.5. The summed E-state index contributed by atoms with van der Waals surface area (Å²) in [5, 5.41) is 27.8. The van der Waals surface area contributed by atoms with Crippen LogP contribution >= 0.6 is 0 Å². The van der Waals surface area contributed by atoms with E-state index < -0.39 is 22.9 Å². The summed E-state index contributed by atoms with van der Waals surface area (Å²) >= 11 is 0. The number of aromatic nitrogens is 3. The molecular formula is C25H29F3N8O3S. The lowest BCUT2D eigenvalue weighted by atomic mass is 10.0. The Hall–Kier alpha value is -3.90. The first-order valence-electron chi connectivity index (χ1n) is 12.5. The summed E-state index contributed by atoms with van der Waals surface area (Å²) in [6, 6.07) is 10.8. The van der Waals surface area contributed by atoms with Crippen molar-refractivity contribution in [3.05, 3.63) is 41.6 Å². The number of nitrogens with zero attached hydrogens (tertiary/aromatic N) is 5. The van der Waals surface area contributed by atoms with Gasteiger partial charge in [-0.15, -0.1) is 0 Å². The minimum atomic E-state index is -5.08. The molecule has 1 aliphatic heterocycles. The minimum Gasteiger partial charge on any atom is -0.475 e. The first kappa shape index (κ1) is 29.1. The average molecular weight is 579 g/mol. The van der Waals surface area contributed by atoms with Gasteiger partial charge in [-0.2, -0.15) is 28.0 Å². The molecule has 0 bridgehead atoms. The molecule has 15 heteroatoms. The smallest absolute Gasteiger partial charge is 0.475 e. The molecule has 1 saturated heterocycles. The van der Waals surface area contributed by atoms with Crippen molar-refractivity contribution in [1.82, 2.24) is 14.6 Å². The number of halogens is 3. The van der Waals surface area contributed by atoms with Gasteiger partial charge in [0, 0.05) is 59.7 Å². The van der Waals surface area contributed by atoms with Gasteiger partial charge < -0.3 is 26.4 Å². The van der Waals surface area contributed by atoms with Crippen molar-refractivity contribution in [2.45, 2.75) is 49.7 Å². The predicted octanol–water partition coefficient (Wildman–Crippen LogP) is 3.36. The molecule has 3 aromatic rings. The Labute approximate surface area is 230 Å². The summed E-state index contributed by atoms with van der Waals surface area (Å²) in [6.45, 7) is 1.76. The van der Waals surface area contributed by atoms with E-state index in [-0.39, 0.29) is 6.04 Å². The van der Waals surface area contributed by atoms with Crippen LogP contribution in [-0.2, 0) is 21.3 Å². The first-order chi connectivity index (χ1) is 18.9. The van der Waals surface area contributed by atoms with Gasteiger partial charge in [-0.1, -0.05) is 0 Å². The van der Waals surface area contributed by atoms with E-state index in [1.54, 1.807) is 10.8 Å². The first-order valence-corrected chi connectivity index (χ1v) is 14.2. The van der Waals surface area contributed by atoms with Crippen LogP contribution < -0.4 is 21.3 Å². The number of hydrogen-bond acceptors (Lipinski definition) is 9. The topological polar surface area (TPSA) is 162 Å². The van der Waals surface area contributed by atoms with Crippen LogP contribution in [-0.4, -0.2) is 67.5 Å². The Morgan fingerprint density at radius 3 is 2.62 bits per heavy atom. The number of nitrogens with two attached hydrogens (primary N) is 1. The fraction of sp³-hybridized carbons (Fsp3) is 0.440. The molecule has 2 aliphatic rings. The molecular weight excluding hydrogens is 549 g/mol. The van der Waals surface area contributed by atoms with Crippen molar-refractivity contribution in [2.75, 3.05) is 34.9 Å². The zero-order valence-corrected chi connectivity index (χ0v) is 22.4. The molecule has 1 aliphatic carbocycles. The zero-order valence-electron chi connectivity index (χ0n) is 21.6. The molecule has 5 N–H and O–H groups in total. The van der Waals surface area contributed by atoms with Crippen molar-refractivity contribution in [3.8, 4) is 6.07 Å². The SMILES string of the molecule is C[S@@](=O)Cc1cc(Nc2cc(NC3CC3)n3ncc(C#N)c3n2)ccc1N1CCC[C@@H](N)C1.O=C(O)C(F)(F)F. The van der Waals surface area contributed by atoms with Gasteiger partial charge in [0.2, 0.25) is 0 Å². The lowest BCUT2D eigenvalue weighted by Gasteiger charge is -2.34. The number of benzene rings is 1. The minimum absolute atomic E-state index is 0.162. The normalized spacial score (nSPS) is 17.9. The molecule has 1 saturated carbocycles. The fourth-order valence-electron chi connectivity index (χ4n) is 4.33. The van der Waals surface area contributed by atoms with Crippen molar-refractivity contribution < 1.29 is 27.3 Å². The van der Waals surface area contributed by atoms with Crippen molar-refractivity contribution >= 4 is 45.4 Å². The largest absolute Gasteiger partial charge is 0.490 e. The monoisotopic (exact) mass is 578 g/mol. The highest BCUT2D eigenvalue weighted by atomic mass is 32.2. The van der Waals surface area contributed by atoms with E-state index in [0.717, 1.165) is 61.5 Å². The molecule has 40 heavy (non-hydrogen) atoms. The summed E-state index contributed by atoms with van der Waals surface area (Å²) in [6.07, 6.45) is 2.52. The zero-order chi connectivity index (χ0) is 29.0. The van der Waals surface area contributed by atoms with E-state index in [2.05, 4.69) is 37.8 Å². The number of aliphatic carboxylic acids is 1. The Kier molecular flexibility index (Phi) is 8.79. The maximum atomic E-state index is 12.1. The second kappa shape index (κ2) is 12.1. The molecule has 0 radical (unpaired) electrons. The number of nitriles is 1. The summed E-state index contributed by atoms with van der Waals surface area (Å²) in [4.78, 5) is 15.8. The van der Waals surface area contributed by atoms with Gasteiger partial charge in [-0.05, 0) is 49.4 Å². The Balaban J connectivity index is 0.000000470. The highest BCUT2D eigenvalue weighted by molar-refractivity contribution is 7.83. The number of anilines is 4. The van der Waals surface area contributed by atoms with Gasteiger partial charge in [-0.3, -0.25) is 4.21 Å². The molecule has 214 valence electrons. The molecule has 2 fully saturated rings. The number of fused-ring (bicyclic) bond motifs is 1. The lowest BCUT2D eigenvalue weighted by molar-refractivity contribution is -0.192. The van der Waals surface area contributed by atoms with Crippen LogP contribution in [0.25, 0.3) is 5.65 Å². The molecule has 3 heterocycles. The van der Waals surface area contributed by atoms with Crippen molar-refractivity contribution in [3.63, 3.8) is 0 Å². The quantitative estimate of drug-likeness (QED) is 0.327. The summed E-state index contributed by atoms with van der Waals surface area (Å²) in [5.74, 6) is -0.856. The Morgan fingerprint density at radius 2 is 2.02 bits per heavy atom. The molecule has 2 aromatic heterocycles. The third kappa shape index (κ3) is 7.39. The summed E-state index contributed by atoms with van der Waals surface area (Å²) in [7, 11) is -0.975. The third-order valence-corrected chi connectivity index (χ3v) is 6.99. The number of piperidine rings is 1. The number of carboxylic acid groups (broad SMARTS) is 1. The van der Waals surface area contributed by atoms with E-state index in [1.165, 1.54) is 6.20 Å². The van der Waals surface area contributed by atoms with Gasteiger partial charge in [0.05, 0.1) is 11.9 Å². The Morgan fingerprint density at radius 1 is 1.30 bits per heavy atom. The molecule has 0 unspecified atom stereocenters. The van der Waals surface area contributed by atoms with Crippen LogP contribution in [0, 0.1) is 11.3 Å². The number of rotatable bonds is 7. The van der Waals surface area contributed by atoms with Crippen LogP contribution in [0.5, 0.6) is 0 Å². The molecule has 1 aromatic carbocycles. The predicted molar refractivity (Wildman–Crippen MR) is 145 cm³/mol. The molecule has 11 nitrogen and oxygen atoms in total. The van der Waals surface area contributed by atoms with Gasteiger partial charge >= 0.3 is 12.1 Å². The van der Waals surface area contributed by atoms with E-state index in [1.807, 2.05) is 18.2 Å². The second-order valence-corrected chi connectivity index (χ2v) is 11.1.